The van der Waals surface area contributed by atoms with Crippen LogP contribution in [-0.4, -0.2) is 65.6 Å². The number of carbonyl (C=O) groups excluding carboxylic acids is 1. The maximum absolute atomic E-state index is 12.6. The number of phenols is 1. The molecule has 2 saturated heterocycles. The summed E-state index contributed by atoms with van der Waals surface area (Å²) >= 11 is 0. The first-order valence-corrected chi connectivity index (χ1v) is 11.3. The van der Waals surface area contributed by atoms with Gasteiger partial charge in [0.2, 0.25) is 0 Å². The molecular formula is C25H28N6O3. The number of hydrogen-bond donors (Lipinski definition) is 2. The number of para-hydroxylation sites is 1. The fourth-order valence-electron chi connectivity index (χ4n) is 5.05. The third-order valence-corrected chi connectivity index (χ3v) is 6.76. The zero-order chi connectivity index (χ0) is 23.8. The van der Waals surface area contributed by atoms with Gasteiger partial charge in [0.25, 0.3) is 5.91 Å². The van der Waals surface area contributed by atoms with E-state index in [1.807, 2.05) is 36.4 Å². The highest BCUT2D eigenvalue weighted by Crippen LogP contribution is 2.39. The van der Waals surface area contributed by atoms with Gasteiger partial charge >= 0.3 is 0 Å². The molecule has 2 aliphatic rings. The van der Waals surface area contributed by atoms with Crippen molar-refractivity contribution < 1.29 is 14.7 Å². The minimum Gasteiger partial charge on any atom is -0.507 e. The van der Waals surface area contributed by atoms with Crippen LogP contribution in [0.5, 0.6) is 5.75 Å². The summed E-state index contributed by atoms with van der Waals surface area (Å²) in [7, 11) is 3.08. The number of phenolic OH excluding ortho intramolecular Hbond substituents is 1. The van der Waals surface area contributed by atoms with Crippen LogP contribution >= 0.6 is 0 Å². The number of anilines is 3. The van der Waals surface area contributed by atoms with E-state index in [1.165, 1.54) is 12.2 Å². The Morgan fingerprint density at radius 2 is 1.82 bits per heavy atom. The molecule has 3 heterocycles. The van der Waals surface area contributed by atoms with Crippen LogP contribution in [0.25, 0.3) is 11.3 Å². The fraction of sp³-hybridized carbons (Fsp3) is 0.320. The lowest BCUT2D eigenvalue weighted by Gasteiger charge is -2.43. The highest BCUT2D eigenvalue weighted by atomic mass is 16.7. The highest BCUT2D eigenvalue weighted by molar-refractivity contribution is 5.94. The SMILES string of the molecule is CON(C)C(=O)c1cccc(N2[C@@H]3CC[C@H]2CN(c2cc(-c4ccccc4O)nnc2N)C3)c1. The molecule has 2 aliphatic heterocycles. The van der Waals surface area contributed by atoms with E-state index in [0.717, 1.165) is 37.3 Å². The van der Waals surface area contributed by atoms with E-state index in [4.69, 9.17) is 10.6 Å². The third kappa shape index (κ3) is 3.88. The van der Waals surface area contributed by atoms with Gasteiger partial charge in [-0.2, -0.15) is 0 Å². The van der Waals surface area contributed by atoms with Crippen LogP contribution in [0.3, 0.4) is 0 Å². The number of rotatable bonds is 5. The number of fused-ring (bicyclic) bond motifs is 2. The molecule has 0 saturated carbocycles. The van der Waals surface area contributed by atoms with Gasteiger partial charge in [-0.05, 0) is 49.2 Å². The predicted octanol–water partition coefficient (Wildman–Crippen LogP) is 2.92. The molecule has 0 unspecified atom stereocenters. The van der Waals surface area contributed by atoms with E-state index in [-0.39, 0.29) is 23.7 Å². The Hall–Kier alpha value is -3.85. The molecule has 1 amide bonds. The van der Waals surface area contributed by atoms with Crippen LogP contribution in [0.15, 0.2) is 54.6 Å². The lowest BCUT2D eigenvalue weighted by atomic mass is 10.1. The molecule has 2 aromatic carbocycles. The molecule has 3 N–H and O–H groups in total. The Morgan fingerprint density at radius 1 is 1.09 bits per heavy atom. The first-order chi connectivity index (χ1) is 16.5. The normalized spacial score (nSPS) is 19.4. The van der Waals surface area contributed by atoms with Crippen molar-refractivity contribution in [2.45, 2.75) is 24.9 Å². The molecule has 9 heteroatoms. The number of hydrogen-bond acceptors (Lipinski definition) is 8. The summed E-state index contributed by atoms with van der Waals surface area (Å²) in [5, 5.41) is 19.9. The summed E-state index contributed by atoms with van der Waals surface area (Å²) in [5.41, 5.74) is 9.92. The average molecular weight is 461 g/mol. The number of aromatic nitrogens is 2. The first-order valence-electron chi connectivity index (χ1n) is 11.3. The van der Waals surface area contributed by atoms with Gasteiger partial charge in [-0.25, -0.2) is 5.06 Å². The van der Waals surface area contributed by atoms with Crippen LogP contribution in [0.2, 0.25) is 0 Å². The third-order valence-electron chi connectivity index (χ3n) is 6.76. The van der Waals surface area contributed by atoms with Crippen molar-refractivity contribution in [1.82, 2.24) is 15.3 Å². The smallest absolute Gasteiger partial charge is 0.277 e. The number of amides is 1. The number of nitrogens with zero attached hydrogens (tertiary/aromatic N) is 5. The second-order valence-electron chi connectivity index (χ2n) is 8.75. The van der Waals surface area contributed by atoms with Gasteiger partial charge < -0.3 is 20.6 Å². The van der Waals surface area contributed by atoms with E-state index in [1.54, 1.807) is 19.2 Å². The van der Waals surface area contributed by atoms with Crippen molar-refractivity contribution >= 4 is 23.1 Å². The molecule has 1 aromatic heterocycles. The number of benzene rings is 2. The van der Waals surface area contributed by atoms with Gasteiger partial charge in [0.05, 0.1) is 18.5 Å². The Kier molecular flexibility index (Phi) is 5.70. The second kappa shape index (κ2) is 8.83. The monoisotopic (exact) mass is 460 g/mol. The maximum Gasteiger partial charge on any atom is 0.277 e. The van der Waals surface area contributed by atoms with Crippen LogP contribution in [-0.2, 0) is 4.84 Å². The topological polar surface area (TPSA) is 108 Å². The fourth-order valence-corrected chi connectivity index (χ4v) is 5.05. The van der Waals surface area contributed by atoms with Gasteiger partial charge in [-0.15, -0.1) is 10.2 Å². The van der Waals surface area contributed by atoms with Gasteiger partial charge in [0.15, 0.2) is 5.82 Å². The predicted molar refractivity (Wildman–Crippen MR) is 131 cm³/mol. The molecule has 3 aromatic rings. The lowest BCUT2D eigenvalue weighted by molar-refractivity contribution is -0.0756. The number of carbonyl (C=O) groups is 1. The molecule has 5 rings (SSSR count). The summed E-state index contributed by atoms with van der Waals surface area (Å²) in [6.45, 7) is 1.56. The Balaban J connectivity index is 1.40. The summed E-state index contributed by atoms with van der Waals surface area (Å²) < 4.78 is 0. The van der Waals surface area contributed by atoms with Crippen molar-refractivity contribution in [2.75, 3.05) is 42.8 Å². The van der Waals surface area contributed by atoms with Crippen molar-refractivity contribution in [2.24, 2.45) is 0 Å². The Bertz CT molecular complexity index is 1200. The summed E-state index contributed by atoms with van der Waals surface area (Å²) in [4.78, 5) is 22.3. The number of nitrogens with two attached hydrogens (primary N) is 1. The van der Waals surface area contributed by atoms with Crippen LogP contribution in [0.4, 0.5) is 17.2 Å². The molecule has 2 bridgehead atoms. The van der Waals surface area contributed by atoms with Crippen molar-refractivity contribution in [3.8, 4) is 17.0 Å². The van der Waals surface area contributed by atoms with Crippen LogP contribution in [0.1, 0.15) is 23.2 Å². The highest BCUT2D eigenvalue weighted by Gasteiger charge is 2.41. The quantitative estimate of drug-likeness (QED) is 0.560. The molecule has 2 atom stereocenters. The lowest BCUT2D eigenvalue weighted by Crippen LogP contribution is -2.54. The largest absolute Gasteiger partial charge is 0.507 e. The van der Waals surface area contributed by atoms with Crippen molar-refractivity contribution in [3.63, 3.8) is 0 Å². The van der Waals surface area contributed by atoms with E-state index in [9.17, 15) is 9.90 Å². The van der Waals surface area contributed by atoms with Crippen molar-refractivity contribution in [3.05, 3.63) is 60.2 Å². The van der Waals surface area contributed by atoms with E-state index < -0.39 is 0 Å². The summed E-state index contributed by atoms with van der Waals surface area (Å²) in [6, 6.07) is 17.3. The van der Waals surface area contributed by atoms with E-state index >= 15 is 0 Å². The molecule has 34 heavy (non-hydrogen) atoms. The molecule has 176 valence electrons. The number of piperazine rings is 1. The van der Waals surface area contributed by atoms with Crippen LogP contribution < -0.4 is 15.5 Å². The first kappa shape index (κ1) is 22.0. The zero-order valence-corrected chi connectivity index (χ0v) is 19.3. The van der Waals surface area contributed by atoms with Gasteiger partial charge in [-0.1, -0.05) is 18.2 Å². The molecule has 0 spiro atoms. The Morgan fingerprint density at radius 3 is 2.53 bits per heavy atom. The minimum atomic E-state index is -0.178. The van der Waals surface area contributed by atoms with Crippen molar-refractivity contribution in [1.29, 1.82) is 0 Å². The molecular weight excluding hydrogens is 432 g/mol. The maximum atomic E-state index is 12.6. The average Bonchev–Trinajstić information content (AvgIpc) is 3.13. The van der Waals surface area contributed by atoms with E-state index in [2.05, 4.69) is 26.1 Å². The molecule has 0 aliphatic carbocycles. The zero-order valence-electron chi connectivity index (χ0n) is 19.3. The number of hydroxylamine groups is 2. The van der Waals surface area contributed by atoms with Gasteiger partial charge in [0, 0.05) is 49.0 Å². The minimum absolute atomic E-state index is 0.158. The van der Waals surface area contributed by atoms with Crippen LogP contribution in [0, 0.1) is 0 Å². The number of aromatic hydroxyl groups is 1. The van der Waals surface area contributed by atoms with Gasteiger partial charge in [-0.3, -0.25) is 9.63 Å². The molecule has 9 nitrogen and oxygen atoms in total. The second-order valence-corrected chi connectivity index (χ2v) is 8.75. The Labute approximate surface area is 198 Å². The van der Waals surface area contributed by atoms with Gasteiger partial charge in [0.1, 0.15) is 5.75 Å². The molecule has 2 fully saturated rings. The molecule has 0 radical (unpaired) electrons. The summed E-state index contributed by atoms with van der Waals surface area (Å²) in [6.07, 6.45) is 2.12. The number of nitrogen functional groups attached to an aromatic ring is 1. The van der Waals surface area contributed by atoms with E-state index in [0.29, 0.717) is 22.6 Å². The standard InChI is InChI=1S/C25H28N6O3/c1-29(34-2)25(33)16-6-5-7-17(12-16)31-18-10-11-19(31)15-30(14-18)22-13-21(27-28-24(22)26)20-8-3-4-9-23(20)32/h3-9,12-13,18-19,32H,10-11,14-15H2,1-2H3,(H2,26,28)/t18-,19+. The summed E-state index contributed by atoms with van der Waals surface area (Å²) in [5.74, 6) is 0.357.